The van der Waals surface area contributed by atoms with Crippen molar-refractivity contribution in [2.75, 3.05) is 25.0 Å². The number of aromatic nitrogens is 1. The average Bonchev–Trinajstić information content (AvgIpc) is 2.71. The van der Waals surface area contributed by atoms with Crippen molar-refractivity contribution >= 4 is 17.9 Å². The Balaban J connectivity index is 2.67. The summed E-state index contributed by atoms with van der Waals surface area (Å²) in [6.07, 6.45) is -0.749. The monoisotopic (exact) mass is 256 g/mol. The highest BCUT2D eigenvalue weighted by molar-refractivity contribution is 5.98. The van der Waals surface area contributed by atoms with Crippen LogP contribution in [0.15, 0.2) is 10.6 Å². The van der Waals surface area contributed by atoms with E-state index in [1.165, 1.54) is 6.07 Å². The molecule has 3 N–H and O–H groups in total. The molecule has 8 heteroatoms. The van der Waals surface area contributed by atoms with E-state index in [9.17, 15) is 9.59 Å². The predicted octanol–water partition coefficient (Wildman–Crippen LogP) is 0.932. The smallest absolute Gasteiger partial charge is 0.418 e. The minimum Gasteiger partial charge on any atom is -0.449 e. The minimum absolute atomic E-state index is 0.0570. The Bertz CT molecular complexity index is 418. The number of carbonyl (C=O) groups is 2. The minimum atomic E-state index is -0.749. The number of nitrogens with zero attached hydrogens (tertiary/aromatic N) is 2. The highest BCUT2D eigenvalue weighted by atomic mass is 16.6. The normalized spacial score (nSPS) is 9.94. The fourth-order valence-electron chi connectivity index (χ4n) is 1.21. The largest absolute Gasteiger partial charge is 0.449 e. The van der Waals surface area contributed by atoms with E-state index in [0.29, 0.717) is 5.76 Å². The van der Waals surface area contributed by atoms with Gasteiger partial charge in [-0.05, 0) is 13.8 Å². The van der Waals surface area contributed by atoms with E-state index in [0.717, 1.165) is 4.90 Å². The van der Waals surface area contributed by atoms with Gasteiger partial charge in [0.2, 0.25) is 0 Å². The van der Waals surface area contributed by atoms with Crippen molar-refractivity contribution in [3.05, 3.63) is 11.8 Å². The second kappa shape index (κ2) is 6.60. The van der Waals surface area contributed by atoms with Gasteiger partial charge in [-0.15, -0.1) is 0 Å². The molecule has 0 aromatic carbocycles. The van der Waals surface area contributed by atoms with E-state index in [1.807, 2.05) is 0 Å². The lowest BCUT2D eigenvalue weighted by molar-refractivity contribution is 0.118. The molecule has 0 fully saturated rings. The zero-order chi connectivity index (χ0) is 13.5. The van der Waals surface area contributed by atoms with E-state index in [2.05, 4.69) is 10.5 Å². The zero-order valence-corrected chi connectivity index (χ0v) is 10.3. The molecule has 0 aliphatic rings. The third-order valence-electron chi connectivity index (χ3n) is 1.95. The van der Waals surface area contributed by atoms with Crippen molar-refractivity contribution in [3.63, 3.8) is 0 Å². The molecule has 1 aromatic rings. The van der Waals surface area contributed by atoms with Crippen LogP contribution in [0, 0.1) is 6.92 Å². The van der Waals surface area contributed by atoms with E-state index in [1.54, 1.807) is 13.8 Å². The summed E-state index contributed by atoms with van der Waals surface area (Å²) in [5.41, 5.74) is 5.34. The van der Waals surface area contributed by atoms with Gasteiger partial charge in [0.15, 0.2) is 5.82 Å². The molecule has 1 aromatic heterocycles. The summed E-state index contributed by atoms with van der Waals surface area (Å²) in [6.45, 7) is 3.71. The van der Waals surface area contributed by atoms with Crippen molar-refractivity contribution in [1.29, 1.82) is 0 Å². The highest BCUT2D eigenvalue weighted by Crippen LogP contribution is 2.08. The van der Waals surface area contributed by atoms with E-state index in [4.69, 9.17) is 15.0 Å². The number of anilines is 1. The molecule has 0 radical (unpaired) electrons. The first-order valence-corrected chi connectivity index (χ1v) is 5.47. The van der Waals surface area contributed by atoms with Gasteiger partial charge in [0.05, 0.1) is 6.61 Å². The number of hydrogen-bond acceptors (Lipinski definition) is 6. The third kappa shape index (κ3) is 3.74. The summed E-state index contributed by atoms with van der Waals surface area (Å²) in [4.78, 5) is 24.2. The summed E-state index contributed by atoms with van der Waals surface area (Å²) in [7, 11) is 0. The van der Waals surface area contributed by atoms with Gasteiger partial charge in [-0.1, -0.05) is 5.16 Å². The lowest BCUT2D eigenvalue weighted by Crippen LogP contribution is -2.43. The molecule has 0 saturated carbocycles. The van der Waals surface area contributed by atoms with Crippen LogP contribution in [-0.2, 0) is 4.74 Å². The molecule has 0 atom stereocenters. The molecule has 8 nitrogen and oxygen atoms in total. The van der Waals surface area contributed by atoms with Gasteiger partial charge in [-0.2, -0.15) is 0 Å². The Morgan fingerprint density at radius 1 is 1.61 bits per heavy atom. The zero-order valence-electron chi connectivity index (χ0n) is 10.3. The van der Waals surface area contributed by atoms with E-state index < -0.39 is 12.1 Å². The Hall–Kier alpha value is -2.09. The molecule has 0 unspecified atom stereocenters. The van der Waals surface area contributed by atoms with Crippen LogP contribution in [0.5, 0.6) is 0 Å². The van der Waals surface area contributed by atoms with Crippen LogP contribution < -0.4 is 11.1 Å². The van der Waals surface area contributed by atoms with Crippen molar-refractivity contribution in [1.82, 2.24) is 10.1 Å². The van der Waals surface area contributed by atoms with Crippen LogP contribution in [0.4, 0.5) is 15.4 Å². The van der Waals surface area contributed by atoms with Gasteiger partial charge >= 0.3 is 12.1 Å². The van der Waals surface area contributed by atoms with Crippen LogP contribution in [0.2, 0.25) is 0 Å². The SMILES string of the molecule is CCOC(=O)N(CCN)C(=O)Nc1cc(C)on1. The molecule has 3 amide bonds. The van der Waals surface area contributed by atoms with E-state index in [-0.39, 0.29) is 25.5 Å². The maximum Gasteiger partial charge on any atom is 0.418 e. The maximum absolute atomic E-state index is 11.8. The number of ether oxygens (including phenoxy) is 1. The highest BCUT2D eigenvalue weighted by Gasteiger charge is 2.22. The molecule has 0 spiro atoms. The molecule has 0 bridgehead atoms. The summed E-state index contributed by atoms with van der Waals surface area (Å²) >= 11 is 0. The summed E-state index contributed by atoms with van der Waals surface area (Å²) in [6, 6.07) is 0.871. The molecule has 1 heterocycles. The lowest BCUT2D eigenvalue weighted by atomic mass is 10.5. The van der Waals surface area contributed by atoms with Gasteiger partial charge in [-0.3, -0.25) is 5.32 Å². The van der Waals surface area contributed by atoms with Crippen LogP contribution in [0.25, 0.3) is 0 Å². The Morgan fingerprint density at radius 3 is 2.83 bits per heavy atom. The molecule has 100 valence electrons. The van der Waals surface area contributed by atoms with Crippen LogP contribution in [-0.4, -0.2) is 41.9 Å². The fourth-order valence-corrected chi connectivity index (χ4v) is 1.21. The summed E-state index contributed by atoms with van der Waals surface area (Å²) in [5, 5.41) is 6.00. The van der Waals surface area contributed by atoms with Gasteiger partial charge in [-0.25, -0.2) is 14.5 Å². The lowest BCUT2D eigenvalue weighted by Gasteiger charge is -2.18. The number of urea groups is 1. The topological polar surface area (TPSA) is 111 Å². The first-order valence-electron chi connectivity index (χ1n) is 5.47. The van der Waals surface area contributed by atoms with Crippen molar-refractivity contribution in [2.45, 2.75) is 13.8 Å². The second-order valence-electron chi connectivity index (χ2n) is 3.39. The fraction of sp³-hybridized carbons (Fsp3) is 0.500. The van der Waals surface area contributed by atoms with Crippen LogP contribution >= 0.6 is 0 Å². The quantitative estimate of drug-likeness (QED) is 0.829. The van der Waals surface area contributed by atoms with Crippen LogP contribution in [0.1, 0.15) is 12.7 Å². The third-order valence-corrected chi connectivity index (χ3v) is 1.95. The number of carbonyl (C=O) groups excluding carboxylic acids is 2. The number of rotatable bonds is 4. The summed E-state index contributed by atoms with van der Waals surface area (Å²) < 4.78 is 9.54. The van der Waals surface area contributed by atoms with Gasteiger partial charge in [0.1, 0.15) is 5.76 Å². The Morgan fingerprint density at radius 2 is 2.33 bits per heavy atom. The number of hydrogen-bond donors (Lipinski definition) is 2. The molecular weight excluding hydrogens is 240 g/mol. The Kier molecular flexibility index (Phi) is 5.12. The van der Waals surface area contributed by atoms with Crippen LogP contribution in [0.3, 0.4) is 0 Å². The maximum atomic E-state index is 11.8. The molecule has 0 aliphatic heterocycles. The van der Waals surface area contributed by atoms with Gasteiger partial charge in [0.25, 0.3) is 0 Å². The molecule has 1 rings (SSSR count). The Labute approximate surface area is 104 Å². The van der Waals surface area contributed by atoms with Gasteiger partial charge < -0.3 is 15.0 Å². The predicted molar refractivity (Wildman–Crippen MR) is 63.0 cm³/mol. The van der Waals surface area contributed by atoms with E-state index >= 15 is 0 Å². The first kappa shape index (κ1) is 14.0. The molecule has 18 heavy (non-hydrogen) atoms. The average molecular weight is 256 g/mol. The summed E-state index contributed by atoms with van der Waals surface area (Å²) in [5.74, 6) is 0.774. The molecule has 0 aliphatic carbocycles. The van der Waals surface area contributed by atoms with Crippen molar-refractivity contribution < 1.29 is 18.8 Å². The number of aryl methyl sites for hydroxylation is 1. The first-order chi connectivity index (χ1) is 8.58. The number of amides is 3. The molecular formula is C10H16N4O4. The standard InChI is InChI=1S/C10H16N4O4/c1-3-17-10(16)14(5-4-11)9(15)12-8-6-7(2)18-13-8/h6H,3-5,11H2,1-2H3,(H,12,13,15). The number of imide groups is 1. The second-order valence-corrected chi connectivity index (χ2v) is 3.39. The number of nitrogens with two attached hydrogens (primary N) is 1. The number of nitrogens with one attached hydrogen (secondary N) is 1. The van der Waals surface area contributed by atoms with Crippen molar-refractivity contribution in [2.24, 2.45) is 5.73 Å². The van der Waals surface area contributed by atoms with Crippen molar-refractivity contribution in [3.8, 4) is 0 Å². The molecule has 0 saturated heterocycles. The van der Waals surface area contributed by atoms with Gasteiger partial charge in [0, 0.05) is 19.2 Å².